The van der Waals surface area contributed by atoms with Gasteiger partial charge in [0.2, 0.25) is 5.69 Å². The average Bonchev–Trinajstić information content (AvgIpc) is 3.24. The molecular formula is C27H21N2O+. The van der Waals surface area contributed by atoms with E-state index < -0.39 is 42.6 Å². The quantitative estimate of drug-likeness (QED) is 0.331. The Bertz CT molecular complexity index is 1820. The van der Waals surface area contributed by atoms with Crippen molar-refractivity contribution in [3.05, 3.63) is 89.5 Å². The molecule has 0 N–H and O–H groups in total. The third-order valence-electron chi connectivity index (χ3n) is 5.32. The molecule has 0 aliphatic heterocycles. The summed E-state index contributed by atoms with van der Waals surface area (Å²) in [6, 6.07) is 9.78. The lowest BCUT2D eigenvalue weighted by molar-refractivity contribution is -0.660. The Kier molecular flexibility index (Phi) is 2.59. The van der Waals surface area contributed by atoms with Crippen LogP contribution in [0.4, 0.5) is 0 Å². The smallest absolute Gasteiger partial charge is 0.216 e. The molecule has 0 spiro atoms. The van der Waals surface area contributed by atoms with Crippen molar-refractivity contribution in [2.45, 2.75) is 13.8 Å². The van der Waals surface area contributed by atoms with Crippen molar-refractivity contribution in [1.29, 1.82) is 5.26 Å². The molecular weight excluding hydrogens is 368 g/mol. The molecule has 2 aromatic heterocycles. The van der Waals surface area contributed by atoms with Crippen LogP contribution in [0, 0.1) is 25.1 Å². The molecule has 0 radical (unpaired) electrons. The summed E-state index contributed by atoms with van der Waals surface area (Å²) in [5, 5.41) is 11.0. The first kappa shape index (κ1) is 11.3. The molecule has 0 aliphatic rings. The minimum Gasteiger partial charge on any atom is -0.454 e. The maximum atomic E-state index is 10.00. The van der Waals surface area contributed by atoms with Gasteiger partial charge in [0.25, 0.3) is 0 Å². The lowest BCUT2D eigenvalue weighted by Gasteiger charge is -2.08. The van der Waals surface area contributed by atoms with Gasteiger partial charge in [-0.25, -0.2) is 4.57 Å². The lowest BCUT2D eigenvalue weighted by atomic mass is 9.93. The SMILES string of the molecule is [2H]c1c([2H])c([2H])c(-c2c(C([2H])([2H])[2H])c(C#N)cc3c2oc2c(-c4cccc[n+]4C)c(C)ccc23)c([2H])c1[2H]. The third-order valence-corrected chi connectivity index (χ3v) is 5.32. The van der Waals surface area contributed by atoms with E-state index >= 15 is 0 Å². The number of nitriles is 1. The van der Waals surface area contributed by atoms with Crippen LogP contribution in [0.1, 0.15) is 27.7 Å². The van der Waals surface area contributed by atoms with E-state index in [1.54, 1.807) is 0 Å². The summed E-state index contributed by atoms with van der Waals surface area (Å²) in [6.45, 7) is -0.930. The topological polar surface area (TPSA) is 40.8 Å². The van der Waals surface area contributed by atoms with Gasteiger partial charge in [-0.3, -0.25) is 0 Å². The number of fused-ring (bicyclic) bond motifs is 3. The van der Waals surface area contributed by atoms with Crippen LogP contribution in [0.2, 0.25) is 0 Å². The molecule has 2 heterocycles. The van der Waals surface area contributed by atoms with Gasteiger partial charge >= 0.3 is 0 Å². The standard InChI is InChI=1S/C27H21N2O/c1-17-12-13-21-22-15-20(16-28)18(2)25(19-9-5-4-6-10-19)27(22)30-26(21)24(17)23-11-7-8-14-29(23)3/h4-15H,1-3H3/q+1/i2D3,4D,5D,6D,9D,10D. The molecule has 0 unspecified atom stereocenters. The summed E-state index contributed by atoms with van der Waals surface area (Å²) in [5.41, 5.74) is 1.80. The van der Waals surface area contributed by atoms with E-state index in [2.05, 4.69) is 0 Å². The van der Waals surface area contributed by atoms with Crippen LogP contribution in [0.15, 0.2) is 77.2 Å². The molecule has 0 saturated carbocycles. The lowest BCUT2D eigenvalue weighted by Crippen LogP contribution is -2.30. The van der Waals surface area contributed by atoms with Gasteiger partial charge in [0.1, 0.15) is 18.2 Å². The van der Waals surface area contributed by atoms with E-state index in [1.807, 2.05) is 61.1 Å². The fraction of sp³-hybridized carbons (Fsp3) is 0.111. The van der Waals surface area contributed by atoms with Gasteiger partial charge < -0.3 is 4.42 Å². The zero-order valence-corrected chi connectivity index (χ0v) is 16.3. The Hall–Kier alpha value is -3.90. The van der Waals surface area contributed by atoms with Gasteiger partial charge in [0.15, 0.2) is 6.20 Å². The van der Waals surface area contributed by atoms with Gasteiger partial charge in [-0.15, -0.1) is 0 Å². The number of nitrogens with zero attached hydrogens (tertiary/aromatic N) is 2. The zero-order chi connectivity index (χ0) is 27.7. The fourth-order valence-corrected chi connectivity index (χ4v) is 3.88. The third kappa shape index (κ3) is 2.62. The average molecular weight is 398 g/mol. The summed E-state index contributed by atoms with van der Waals surface area (Å²) in [6.07, 6.45) is 1.88. The minimum atomic E-state index is -2.85. The predicted molar refractivity (Wildman–Crippen MR) is 120 cm³/mol. The maximum absolute atomic E-state index is 10.00. The van der Waals surface area contributed by atoms with Crippen molar-refractivity contribution in [3.63, 3.8) is 0 Å². The molecule has 5 rings (SSSR count). The van der Waals surface area contributed by atoms with Crippen LogP contribution >= 0.6 is 0 Å². The number of pyridine rings is 1. The molecule has 5 aromatic rings. The molecule has 0 atom stereocenters. The van der Waals surface area contributed by atoms with Crippen LogP contribution in [-0.4, -0.2) is 0 Å². The second-order valence-corrected chi connectivity index (χ2v) is 7.10. The molecule has 0 aliphatic carbocycles. The van der Waals surface area contributed by atoms with Crippen molar-refractivity contribution >= 4 is 21.9 Å². The Balaban J connectivity index is 2.08. The van der Waals surface area contributed by atoms with E-state index in [0.717, 1.165) is 16.8 Å². The highest BCUT2D eigenvalue weighted by atomic mass is 16.3. The Labute approximate surface area is 186 Å². The normalized spacial score (nSPS) is 15.4. The van der Waals surface area contributed by atoms with E-state index in [4.69, 9.17) is 15.4 Å². The molecule has 0 amide bonds. The van der Waals surface area contributed by atoms with Gasteiger partial charge in [-0.05, 0) is 42.6 Å². The van der Waals surface area contributed by atoms with Crippen molar-refractivity contribution in [2.75, 3.05) is 0 Å². The van der Waals surface area contributed by atoms with Crippen molar-refractivity contribution in [3.8, 4) is 28.5 Å². The summed E-state index contributed by atoms with van der Waals surface area (Å²) >= 11 is 0. The molecule has 30 heavy (non-hydrogen) atoms. The van der Waals surface area contributed by atoms with Crippen molar-refractivity contribution in [2.24, 2.45) is 7.05 Å². The molecule has 0 bridgehead atoms. The maximum Gasteiger partial charge on any atom is 0.216 e. The van der Waals surface area contributed by atoms with Gasteiger partial charge in [0, 0.05) is 32.6 Å². The molecule has 3 aromatic carbocycles. The fourth-order valence-electron chi connectivity index (χ4n) is 3.88. The first-order chi connectivity index (χ1) is 17.9. The molecule has 0 saturated heterocycles. The highest BCUT2D eigenvalue weighted by Gasteiger charge is 2.23. The zero-order valence-electron chi connectivity index (χ0n) is 24.3. The second kappa shape index (κ2) is 6.86. The number of hydrogen-bond donors (Lipinski definition) is 0. The van der Waals surface area contributed by atoms with Crippen LogP contribution in [-0.2, 0) is 7.05 Å². The van der Waals surface area contributed by atoms with Crippen molar-refractivity contribution < 1.29 is 20.0 Å². The number of furan rings is 1. The Morgan fingerprint density at radius 1 is 1.03 bits per heavy atom. The Morgan fingerprint density at radius 2 is 1.83 bits per heavy atom. The van der Waals surface area contributed by atoms with Crippen LogP contribution in [0.25, 0.3) is 44.3 Å². The van der Waals surface area contributed by atoms with E-state index in [9.17, 15) is 5.26 Å². The highest BCUT2D eigenvalue weighted by molar-refractivity contribution is 6.14. The van der Waals surface area contributed by atoms with E-state index in [0.29, 0.717) is 16.4 Å². The minimum absolute atomic E-state index is 0.0362. The first-order valence-corrected chi connectivity index (χ1v) is 9.34. The van der Waals surface area contributed by atoms with E-state index in [-0.39, 0.29) is 22.3 Å². The van der Waals surface area contributed by atoms with Crippen LogP contribution in [0.3, 0.4) is 0 Å². The predicted octanol–water partition coefficient (Wildman–Crippen LogP) is 6.23. The van der Waals surface area contributed by atoms with E-state index in [1.165, 1.54) is 6.07 Å². The summed E-state index contributed by atoms with van der Waals surface area (Å²) in [4.78, 5) is 0. The van der Waals surface area contributed by atoms with Crippen LogP contribution < -0.4 is 4.57 Å². The highest BCUT2D eigenvalue weighted by Crippen LogP contribution is 2.42. The van der Waals surface area contributed by atoms with Crippen molar-refractivity contribution in [1.82, 2.24) is 0 Å². The molecule has 144 valence electrons. The van der Waals surface area contributed by atoms with Gasteiger partial charge in [-0.2, -0.15) is 5.26 Å². The summed E-state index contributed by atoms with van der Waals surface area (Å²) < 4.78 is 74.5. The molecule has 3 nitrogen and oxygen atoms in total. The number of hydrogen-bond acceptors (Lipinski definition) is 2. The Morgan fingerprint density at radius 3 is 2.57 bits per heavy atom. The largest absolute Gasteiger partial charge is 0.454 e. The molecule has 0 fully saturated rings. The van der Waals surface area contributed by atoms with Crippen LogP contribution in [0.5, 0.6) is 0 Å². The second-order valence-electron chi connectivity index (χ2n) is 7.10. The summed E-state index contributed by atoms with van der Waals surface area (Å²) in [7, 11) is 1.88. The number of aryl methyl sites for hydroxylation is 2. The monoisotopic (exact) mass is 397 g/mol. The molecule has 3 heteroatoms. The summed E-state index contributed by atoms with van der Waals surface area (Å²) in [5.74, 6) is 0. The van der Waals surface area contributed by atoms with Gasteiger partial charge in [-0.1, -0.05) is 42.3 Å². The van der Waals surface area contributed by atoms with Gasteiger partial charge in [0.05, 0.1) is 24.0 Å². The number of rotatable bonds is 2. The number of benzene rings is 3. The number of aromatic nitrogens is 1. The first-order valence-electron chi connectivity index (χ1n) is 13.3.